The second-order valence-electron chi connectivity index (χ2n) is 7.04. The highest BCUT2D eigenvalue weighted by Crippen LogP contribution is 2.32. The van der Waals surface area contributed by atoms with Crippen molar-refractivity contribution in [2.75, 3.05) is 22.7 Å². The minimum Gasteiger partial charge on any atom is -0.388 e. The molecule has 4 rings (SSSR count). The van der Waals surface area contributed by atoms with E-state index in [9.17, 15) is 18.0 Å². The van der Waals surface area contributed by atoms with Crippen LogP contribution in [-0.2, 0) is 14.8 Å². The standard InChI is InChI=1S/C21H17Cl2N5O4S2/c1-24-13-4-2-3-12(9-13)16-11-19(29)28(26-16)17-6-5-14(10-15(17)22)25-21(30)27-34(31,32)20-8-7-18(23)33-20/h2-10,24H,11H2,1H3,(H2,25,27,30). The van der Waals surface area contributed by atoms with E-state index in [1.54, 1.807) is 7.05 Å². The fourth-order valence-corrected chi connectivity index (χ4v) is 5.81. The Labute approximate surface area is 209 Å². The Morgan fingerprint density at radius 3 is 2.56 bits per heavy atom. The van der Waals surface area contributed by atoms with Gasteiger partial charge in [0.05, 0.1) is 27.2 Å². The fourth-order valence-electron chi connectivity index (χ4n) is 3.16. The fraction of sp³-hybridized carbons (Fsp3) is 0.0952. The Bertz CT molecular complexity index is 1420. The van der Waals surface area contributed by atoms with Crippen LogP contribution in [0.2, 0.25) is 9.36 Å². The lowest BCUT2D eigenvalue weighted by atomic mass is 10.1. The molecule has 0 bridgehead atoms. The number of halogens is 2. The molecular formula is C21H17Cl2N5O4S2. The maximum atomic E-state index is 12.6. The highest BCUT2D eigenvalue weighted by molar-refractivity contribution is 7.92. The number of nitrogens with zero attached hydrogens (tertiary/aromatic N) is 2. The Kier molecular flexibility index (Phi) is 6.80. The van der Waals surface area contributed by atoms with E-state index in [-0.39, 0.29) is 31.6 Å². The van der Waals surface area contributed by atoms with Crippen molar-refractivity contribution in [3.63, 3.8) is 0 Å². The van der Waals surface area contributed by atoms with E-state index in [1.165, 1.54) is 35.3 Å². The van der Waals surface area contributed by atoms with Gasteiger partial charge in [0.15, 0.2) is 0 Å². The average Bonchev–Trinajstić information content (AvgIpc) is 3.40. The van der Waals surface area contributed by atoms with Crippen molar-refractivity contribution in [1.29, 1.82) is 0 Å². The van der Waals surface area contributed by atoms with Crippen molar-refractivity contribution < 1.29 is 18.0 Å². The predicted octanol–water partition coefficient (Wildman–Crippen LogP) is 4.75. The van der Waals surface area contributed by atoms with Crippen molar-refractivity contribution in [2.45, 2.75) is 10.6 Å². The summed E-state index contributed by atoms with van der Waals surface area (Å²) in [5.74, 6) is -0.258. The van der Waals surface area contributed by atoms with Gasteiger partial charge in [0.2, 0.25) is 0 Å². The van der Waals surface area contributed by atoms with Crippen LogP contribution in [0.3, 0.4) is 0 Å². The van der Waals surface area contributed by atoms with E-state index < -0.39 is 16.1 Å². The van der Waals surface area contributed by atoms with Crippen LogP contribution in [-0.4, -0.2) is 33.1 Å². The van der Waals surface area contributed by atoms with E-state index in [0.717, 1.165) is 22.6 Å². The zero-order valence-corrected chi connectivity index (χ0v) is 20.6. The van der Waals surface area contributed by atoms with Gasteiger partial charge in [0.25, 0.3) is 15.9 Å². The van der Waals surface area contributed by atoms with Gasteiger partial charge in [-0.05, 0) is 42.5 Å². The molecule has 2 aromatic carbocycles. The van der Waals surface area contributed by atoms with Crippen LogP contribution in [0.15, 0.2) is 63.9 Å². The molecule has 1 aliphatic rings. The summed E-state index contributed by atoms with van der Waals surface area (Å²) in [4.78, 5) is 24.8. The molecule has 0 saturated carbocycles. The maximum Gasteiger partial charge on any atom is 0.333 e. The van der Waals surface area contributed by atoms with Crippen LogP contribution in [0.1, 0.15) is 12.0 Å². The molecule has 176 valence electrons. The number of carbonyl (C=O) groups excluding carboxylic acids is 2. The van der Waals surface area contributed by atoms with Crippen LogP contribution in [0.25, 0.3) is 0 Å². The molecule has 1 aromatic heterocycles. The SMILES string of the molecule is CNc1cccc(C2=NN(c3ccc(NC(=O)NS(=O)(=O)c4ccc(Cl)s4)cc3Cl)C(=O)C2)c1. The van der Waals surface area contributed by atoms with Crippen molar-refractivity contribution in [1.82, 2.24) is 4.72 Å². The predicted molar refractivity (Wildman–Crippen MR) is 135 cm³/mol. The summed E-state index contributed by atoms with van der Waals surface area (Å²) in [7, 11) is -2.27. The highest BCUT2D eigenvalue weighted by Gasteiger charge is 2.28. The number of nitrogens with one attached hydrogen (secondary N) is 3. The number of carbonyl (C=O) groups is 2. The molecule has 2 heterocycles. The third-order valence-corrected chi connectivity index (χ3v) is 8.09. The molecule has 9 nitrogen and oxygen atoms in total. The summed E-state index contributed by atoms with van der Waals surface area (Å²) in [5.41, 5.74) is 2.85. The van der Waals surface area contributed by atoms with Crippen LogP contribution >= 0.6 is 34.5 Å². The summed E-state index contributed by atoms with van der Waals surface area (Å²) >= 11 is 12.9. The monoisotopic (exact) mass is 537 g/mol. The van der Waals surface area contributed by atoms with Crippen LogP contribution < -0.4 is 20.4 Å². The Morgan fingerprint density at radius 1 is 1.09 bits per heavy atom. The molecule has 13 heteroatoms. The second-order valence-corrected chi connectivity index (χ2v) is 11.1. The van der Waals surface area contributed by atoms with Crippen molar-refractivity contribution >= 4 is 79.3 Å². The summed E-state index contributed by atoms with van der Waals surface area (Å²) < 4.78 is 26.6. The Hall–Kier alpha value is -3.12. The zero-order chi connectivity index (χ0) is 24.5. The van der Waals surface area contributed by atoms with Crippen LogP contribution in [0, 0.1) is 0 Å². The quantitative estimate of drug-likeness (QED) is 0.419. The van der Waals surface area contributed by atoms with Gasteiger partial charge in [-0.3, -0.25) is 4.79 Å². The number of hydrogen-bond donors (Lipinski definition) is 3. The largest absolute Gasteiger partial charge is 0.388 e. The van der Waals surface area contributed by atoms with Gasteiger partial charge < -0.3 is 10.6 Å². The maximum absolute atomic E-state index is 12.6. The normalized spacial score (nSPS) is 13.6. The van der Waals surface area contributed by atoms with Crippen molar-refractivity contribution in [2.24, 2.45) is 5.10 Å². The molecular weight excluding hydrogens is 521 g/mol. The lowest BCUT2D eigenvalue weighted by Gasteiger charge is -2.15. The van der Waals surface area contributed by atoms with Gasteiger partial charge in [-0.2, -0.15) is 10.1 Å². The Morgan fingerprint density at radius 2 is 1.88 bits per heavy atom. The Balaban J connectivity index is 1.49. The number of benzene rings is 2. The lowest BCUT2D eigenvalue weighted by Crippen LogP contribution is -2.34. The average molecular weight is 538 g/mol. The van der Waals surface area contributed by atoms with E-state index in [4.69, 9.17) is 23.2 Å². The third-order valence-electron chi connectivity index (χ3n) is 4.73. The highest BCUT2D eigenvalue weighted by atomic mass is 35.5. The summed E-state index contributed by atoms with van der Waals surface area (Å²) in [6.45, 7) is 0. The molecule has 3 N–H and O–H groups in total. The first-order valence-corrected chi connectivity index (χ1v) is 12.8. The number of urea groups is 1. The first kappa shape index (κ1) is 24.0. The number of hydrazone groups is 1. The molecule has 3 aromatic rings. The van der Waals surface area contributed by atoms with E-state index >= 15 is 0 Å². The van der Waals surface area contributed by atoms with Gasteiger partial charge in [0, 0.05) is 24.0 Å². The molecule has 0 fully saturated rings. The number of amides is 3. The van der Waals surface area contributed by atoms with Gasteiger partial charge in [-0.25, -0.2) is 17.9 Å². The number of hydrogen-bond acceptors (Lipinski definition) is 7. The van der Waals surface area contributed by atoms with Gasteiger partial charge in [0.1, 0.15) is 4.21 Å². The summed E-state index contributed by atoms with van der Waals surface area (Å²) in [6.07, 6.45) is 0.108. The first-order valence-electron chi connectivity index (χ1n) is 9.73. The first-order chi connectivity index (χ1) is 16.2. The molecule has 0 aliphatic carbocycles. The van der Waals surface area contributed by atoms with E-state index in [2.05, 4.69) is 15.7 Å². The second kappa shape index (κ2) is 9.63. The number of rotatable bonds is 6. The topological polar surface area (TPSA) is 120 Å². The lowest BCUT2D eigenvalue weighted by molar-refractivity contribution is -0.116. The molecule has 0 atom stereocenters. The van der Waals surface area contributed by atoms with Gasteiger partial charge in [-0.15, -0.1) is 11.3 Å². The van der Waals surface area contributed by atoms with Gasteiger partial charge >= 0.3 is 6.03 Å². The molecule has 3 amide bonds. The van der Waals surface area contributed by atoms with Crippen LogP contribution in [0.4, 0.5) is 21.9 Å². The van der Waals surface area contributed by atoms with Crippen molar-refractivity contribution in [3.05, 3.63) is 69.5 Å². The molecule has 0 radical (unpaired) electrons. The zero-order valence-electron chi connectivity index (χ0n) is 17.5. The smallest absolute Gasteiger partial charge is 0.333 e. The van der Waals surface area contributed by atoms with Crippen molar-refractivity contribution in [3.8, 4) is 0 Å². The minimum absolute atomic E-state index is 0.0949. The molecule has 1 aliphatic heterocycles. The van der Waals surface area contributed by atoms with E-state index in [0.29, 0.717) is 11.4 Å². The molecule has 0 saturated heterocycles. The minimum atomic E-state index is -4.07. The number of sulfonamides is 1. The van der Waals surface area contributed by atoms with Crippen LogP contribution in [0.5, 0.6) is 0 Å². The summed E-state index contributed by atoms with van der Waals surface area (Å²) in [6, 6.07) is 13.7. The number of anilines is 3. The molecule has 34 heavy (non-hydrogen) atoms. The third kappa shape index (κ3) is 5.17. The van der Waals surface area contributed by atoms with Gasteiger partial charge in [-0.1, -0.05) is 35.3 Å². The van der Waals surface area contributed by atoms with E-state index in [1.807, 2.05) is 29.0 Å². The molecule has 0 unspecified atom stereocenters. The molecule has 0 spiro atoms. The number of thiophene rings is 1. The summed E-state index contributed by atoms with van der Waals surface area (Å²) in [5, 5.41) is 11.2.